The van der Waals surface area contributed by atoms with Crippen LogP contribution < -0.4 is 10.0 Å². The molecule has 12 heterocycles. The first kappa shape index (κ1) is 104. The molecule has 6 aliphatic heterocycles. The van der Waals surface area contributed by atoms with Gasteiger partial charge in [-0.1, -0.05) is 309 Å². The van der Waals surface area contributed by atoms with Crippen LogP contribution in [0.3, 0.4) is 0 Å². The van der Waals surface area contributed by atoms with Crippen LogP contribution in [0.4, 0.5) is 11.4 Å². The number of anilines is 1. The van der Waals surface area contributed by atoms with Gasteiger partial charge in [0.15, 0.2) is 11.5 Å². The third-order valence-corrected chi connectivity index (χ3v) is 31.7. The molecule has 4 N–H and O–H groups in total. The van der Waals surface area contributed by atoms with Gasteiger partial charge in [0.2, 0.25) is 5.69 Å². The predicted octanol–water partition coefficient (Wildman–Crippen LogP) is 33.4. The molecule has 12 aromatic rings. The highest BCUT2D eigenvalue weighted by atomic mass is 16.3. The number of carbonyl (C=O) groups is 1. The molecule has 6 aromatic heterocycles. The molecule has 16 bridgehead atoms. The maximum absolute atomic E-state index is 15.3. The summed E-state index contributed by atoms with van der Waals surface area (Å²) in [5, 5.41) is 15.3. The molecule has 19 rings (SSSR count). The molecule has 6 aromatic carbocycles. The zero-order valence-electron chi connectivity index (χ0n) is 94.9. The number of fused-ring (bicyclic) bond motifs is 18. The van der Waals surface area contributed by atoms with Crippen molar-refractivity contribution in [3.05, 3.63) is 327 Å². The summed E-state index contributed by atoms with van der Waals surface area (Å²) < 4.78 is 2.25. The summed E-state index contributed by atoms with van der Waals surface area (Å²) >= 11 is 0. The molecule has 0 fully saturated rings. The van der Waals surface area contributed by atoms with Crippen LogP contribution >= 0.6 is 0 Å². The molecule has 0 saturated carbocycles. The lowest BCUT2D eigenvalue weighted by Gasteiger charge is -2.32. The Kier molecular flexibility index (Phi) is 26.5. The number of nitrogens with one attached hydrogen (secondary N) is 4. The maximum atomic E-state index is 15.3. The number of hydrogen-bond acceptors (Lipinski definition) is 7. The van der Waals surface area contributed by atoms with Crippen LogP contribution in [0.5, 0.6) is 0 Å². The van der Waals surface area contributed by atoms with Crippen molar-refractivity contribution in [1.29, 1.82) is 0 Å². The average molecular weight is 1980 g/mol. The highest BCUT2D eigenvalue weighted by Gasteiger charge is 2.47. The molecule has 0 saturated heterocycles. The topological polar surface area (TPSA) is 161 Å². The van der Waals surface area contributed by atoms with E-state index in [9.17, 15) is 0 Å². The Bertz CT molecular complexity index is 8170. The Balaban J connectivity index is 0.709. The van der Waals surface area contributed by atoms with E-state index in [2.05, 4.69) is 481 Å². The number of ketones is 1. The second-order valence-corrected chi connectivity index (χ2v) is 51.9. The van der Waals surface area contributed by atoms with Gasteiger partial charge in [-0.2, -0.15) is 4.58 Å². The number of unbranched alkanes of at least 4 members (excludes halogenated alkanes) is 2. The Morgan fingerprint density at radius 1 is 0.347 bits per heavy atom. The fourth-order valence-electron chi connectivity index (χ4n) is 22.1. The molecule has 12 heteroatoms. The lowest BCUT2D eigenvalue weighted by molar-refractivity contribution is -0.433. The summed E-state index contributed by atoms with van der Waals surface area (Å²) in [6, 6.07) is 59.1. The number of H-pyrrole nitrogens is 4. The fourth-order valence-corrected chi connectivity index (χ4v) is 22.1. The van der Waals surface area contributed by atoms with E-state index in [1.807, 2.05) is 12.2 Å². The van der Waals surface area contributed by atoms with Crippen molar-refractivity contribution in [2.24, 2.45) is 0 Å². The minimum Gasteiger partial charge on any atom is -0.871 e. The molecule has 1 aliphatic carbocycles. The van der Waals surface area contributed by atoms with E-state index in [4.69, 9.17) is 19.9 Å². The molecule has 0 radical (unpaired) electrons. The molecule has 766 valence electrons. The second-order valence-electron chi connectivity index (χ2n) is 51.9. The smallest absolute Gasteiger partial charge is 0.209 e. The number of carbonyl (C=O) groups excluding carboxylic acids is 1. The van der Waals surface area contributed by atoms with E-state index in [1.54, 1.807) is 0 Å². The normalized spacial score (nSPS) is 15.6. The summed E-state index contributed by atoms with van der Waals surface area (Å²) in [4.78, 5) is 56.6. The minimum atomic E-state index is -0.664. The third kappa shape index (κ3) is 19.7. The molecular formula is C138H152N10O2. The minimum absolute atomic E-state index is 0.147. The number of hydrogen-bond donors (Lipinski definition) is 4. The molecule has 7 aliphatic rings. The summed E-state index contributed by atoms with van der Waals surface area (Å²) in [7, 11) is 0. The Hall–Kier alpha value is -14.2. The van der Waals surface area contributed by atoms with E-state index in [1.165, 1.54) is 55.6 Å². The van der Waals surface area contributed by atoms with Gasteiger partial charge < -0.3 is 29.9 Å². The largest absolute Gasteiger partial charge is 0.871 e. The van der Waals surface area contributed by atoms with E-state index in [-0.39, 0.29) is 66.0 Å². The van der Waals surface area contributed by atoms with E-state index >= 15 is 9.90 Å². The van der Waals surface area contributed by atoms with Crippen LogP contribution in [0, 0.1) is 23.7 Å². The van der Waals surface area contributed by atoms with Crippen LogP contribution in [0.25, 0.3) is 137 Å². The number of aromatic amines is 4. The van der Waals surface area contributed by atoms with Crippen LogP contribution in [0.1, 0.15) is 382 Å². The van der Waals surface area contributed by atoms with Gasteiger partial charge in [-0.25, -0.2) is 19.9 Å². The third-order valence-electron chi connectivity index (χ3n) is 31.7. The van der Waals surface area contributed by atoms with Gasteiger partial charge in [-0.3, -0.25) is 4.79 Å². The summed E-state index contributed by atoms with van der Waals surface area (Å²) in [6.45, 7) is 73.9. The van der Waals surface area contributed by atoms with E-state index in [0.29, 0.717) is 13.1 Å². The van der Waals surface area contributed by atoms with E-state index < -0.39 is 10.8 Å². The highest BCUT2D eigenvalue weighted by Crippen LogP contribution is 2.52. The number of allylic oxidation sites excluding steroid dienone is 5. The van der Waals surface area contributed by atoms with Crippen molar-refractivity contribution >= 4 is 116 Å². The quantitative estimate of drug-likeness (QED) is 0.0479. The Morgan fingerprint density at radius 3 is 0.980 bits per heavy atom. The first-order chi connectivity index (χ1) is 70.5. The number of Topliss-reactive ketones (excluding diaryl/α,β-unsaturated/α-hetero) is 1. The molecule has 0 spiro atoms. The molecule has 12 nitrogen and oxygen atoms in total. The van der Waals surface area contributed by atoms with Crippen molar-refractivity contribution < 1.29 is 14.5 Å². The van der Waals surface area contributed by atoms with Gasteiger partial charge in [-0.15, -0.1) is 0 Å². The number of nitrogens with zero attached hydrogens (tertiary/aromatic N) is 6. The van der Waals surface area contributed by atoms with E-state index in [0.717, 1.165) is 229 Å². The summed E-state index contributed by atoms with van der Waals surface area (Å²) in [5.74, 6) is 14.5. The number of aromatic nitrogens is 8. The van der Waals surface area contributed by atoms with Crippen LogP contribution in [-0.4, -0.2) is 69.0 Å². The number of benzene rings is 6. The molecule has 0 atom stereocenters. The summed E-state index contributed by atoms with van der Waals surface area (Å²) in [5.41, 5.74) is 41.8. The van der Waals surface area contributed by atoms with Gasteiger partial charge in [-0.05, 0) is 303 Å². The van der Waals surface area contributed by atoms with Crippen molar-refractivity contribution in [3.8, 4) is 68.2 Å². The monoisotopic (exact) mass is 1980 g/mol. The van der Waals surface area contributed by atoms with Crippen molar-refractivity contribution in [2.75, 3.05) is 18.0 Å². The number of aryl methyl sites for hydroxylation is 2. The standard InChI is InChI=1S/C138H152N10O2/c1-33-37-39-95-103-47-55-111(139-103)123(83-67-87(129(5,6)7)75-88(68-83)130(8,9)10)115-59-51-107(143-115)97(108-52-60-116(144-108)124(112-56-48-104(95)140-112)84-69-89(131(11,12)13)76-90(70-84)132(14,15)16)45-41-81-43-63-119-101(65-81)137(29,30)121(147(119)35-3)79-99-127(149)100(128(99)150)80-122-138(31,32)102-66-82(44-64-120(102)148(122)36-4)42-46-98-109-53-61-117(145-109)125(85-71-91(133(17,18)19)77-92(72-85)134(20,21)22)113-57-49-105(141-113)96(40-38-34-2)106-50-58-114(142-106)126(118-62-54-110(98)146-118)86-73-93(135(23,24)25)78-94(74-86)136(26,27)28/h43-44,47-80H,33-40H2,1-32H3,(H4,139,140,141,142,143,144,145,146,149,150)/b103-95?,104-95?,105-96?,106-96?,107-97?,108-97?,109-98?,110-98?,121-79+,123-111?,123-115?,124-112?,124-116?,125-113?,125-117?,126-114?,126-118?. The lowest BCUT2D eigenvalue weighted by atomic mass is 9.77. The van der Waals surface area contributed by atoms with Gasteiger partial charge >= 0.3 is 0 Å². The molecule has 0 amide bonds. The second kappa shape index (κ2) is 38.1. The predicted molar refractivity (Wildman–Crippen MR) is 634 cm³/mol. The fraction of sp³-hybridized carbons (Fsp3) is 0.362. The van der Waals surface area contributed by atoms with Gasteiger partial charge in [0, 0.05) is 130 Å². The lowest BCUT2D eigenvalue weighted by Crippen LogP contribution is -2.35. The number of rotatable bonds is 14. The van der Waals surface area contributed by atoms with Gasteiger partial charge in [0.1, 0.15) is 6.54 Å². The van der Waals surface area contributed by atoms with Gasteiger partial charge in [0.05, 0.1) is 73.1 Å². The van der Waals surface area contributed by atoms with Crippen LogP contribution in [0.2, 0.25) is 0 Å². The van der Waals surface area contributed by atoms with Crippen molar-refractivity contribution in [3.63, 3.8) is 0 Å². The maximum Gasteiger partial charge on any atom is 0.209 e. The first-order valence-corrected chi connectivity index (χ1v) is 54.6. The molecular weight excluding hydrogens is 1830 g/mol. The highest BCUT2D eigenvalue weighted by molar-refractivity contribution is 6.24. The summed E-state index contributed by atoms with van der Waals surface area (Å²) in [6.07, 6.45) is 27.0. The number of likely N-dealkylation sites (N-methyl/N-ethyl adjacent to an activating group) is 1. The molecule has 0 unspecified atom stereocenters. The first-order valence-electron chi connectivity index (χ1n) is 54.6. The zero-order chi connectivity index (χ0) is 107. The van der Waals surface area contributed by atoms with Gasteiger partial charge in [0.25, 0.3) is 0 Å². The Labute approximate surface area is 891 Å². The van der Waals surface area contributed by atoms with Crippen LogP contribution in [0.15, 0.2) is 192 Å². The average Bonchev–Trinajstić information content (AvgIpc) is 1.56. The van der Waals surface area contributed by atoms with Crippen molar-refractivity contribution in [2.45, 2.75) is 314 Å². The molecule has 150 heavy (non-hydrogen) atoms. The Morgan fingerprint density at radius 2 is 0.653 bits per heavy atom. The van der Waals surface area contributed by atoms with Crippen LogP contribution in [-0.2, 0) is 71.8 Å². The zero-order valence-corrected chi connectivity index (χ0v) is 94.9. The SMILES string of the molecule is CCCCc1c2nc(c(-c3cc(C(C)(C)C)cc(C(C)(C)C)c3)c3ccc([nH]3)c(C#Cc3ccc4c(c3)C(C)(C)C(/C=C3/C(=O)C(/C=C5/N(CC)c6ccc(C#Cc7c8nc(c(-c9cc(C(C)(C)C)cc(C(C)(C)C)c9)c9ccc([nH]9)c(CCCC)c9nc(c(-c%10cc(C(C)(C)C)cc(C(C)(C)C)c%10)c%10ccc7[nH]%10)C=C9)C=C8)cc6C5(C)C)=C3[O-])=[N+]4CC)c3nc(c(-c4cc(C(C)(C)C)cc(C(C)(C)C)c4)c4ccc1[nH]4)C=C3)C=C2. The van der Waals surface area contributed by atoms with Crippen molar-refractivity contribution in [1.82, 2.24) is 39.9 Å².